The van der Waals surface area contributed by atoms with Gasteiger partial charge in [0.15, 0.2) is 0 Å². The lowest BCUT2D eigenvalue weighted by molar-refractivity contribution is 0.259. The number of carbonyl (C=O) groups excluding carboxylic acids is 1. The highest BCUT2D eigenvalue weighted by Crippen LogP contribution is 2.39. The van der Waals surface area contributed by atoms with E-state index in [-0.39, 0.29) is 16.3 Å². The Morgan fingerprint density at radius 2 is 1.78 bits per heavy atom. The van der Waals surface area contributed by atoms with E-state index < -0.39 is 23.5 Å². The number of hydrogen-bond donors (Lipinski definition) is 2. The van der Waals surface area contributed by atoms with E-state index in [0.717, 1.165) is 34.6 Å². The van der Waals surface area contributed by atoms with Crippen LogP contribution in [0.3, 0.4) is 0 Å². The number of nitrogens with zero attached hydrogens (tertiary/aromatic N) is 3. The summed E-state index contributed by atoms with van der Waals surface area (Å²) in [6.45, 7) is 4.70. The summed E-state index contributed by atoms with van der Waals surface area (Å²) in [6.07, 6.45) is 0.513. The minimum absolute atomic E-state index is 0.0176. The van der Waals surface area contributed by atoms with Crippen LogP contribution in [0.25, 0.3) is 16.9 Å². The van der Waals surface area contributed by atoms with Crippen LogP contribution in [0.4, 0.5) is 29.3 Å². The molecule has 0 radical (unpaired) electrons. The molecule has 0 spiro atoms. The molecule has 0 atom stereocenters. The molecule has 2 amide bonds. The number of amides is 2. The van der Waals surface area contributed by atoms with E-state index >= 15 is 8.78 Å². The molecule has 0 unspecified atom stereocenters. The minimum Gasteiger partial charge on any atom is -0.365 e. The quantitative estimate of drug-likeness (QED) is 0.329. The fourth-order valence-corrected chi connectivity index (χ4v) is 5.14. The van der Waals surface area contributed by atoms with Gasteiger partial charge in [0.2, 0.25) is 0 Å². The number of primary amides is 1. The highest BCUT2D eigenvalue weighted by Gasteiger charge is 2.30. The number of carbonyl (C=O) groups is 1. The maximum atomic E-state index is 15.6. The van der Waals surface area contributed by atoms with Gasteiger partial charge in [0.25, 0.3) is 0 Å². The van der Waals surface area contributed by atoms with Crippen molar-refractivity contribution in [3.63, 3.8) is 0 Å². The first-order valence-electron chi connectivity index (χ1n) is 11.6. The van der Waals surface area contributed by atoms with Gasteiger partial charge in [-0.15, -0.1) is 0 Å². The third kappa shape index (κ3) is 4.51. The van der Waals surface area contributed by atoms with Crippen LogP contribution in [0.15, 0.2) is 48.5 Å². The first kappa shape index (κ1) is 24.7. The maximum Gasteiger partial charge on any atom is 0.316 e. The number of aryl methyl sites for hydroxylation is 2. The normalized spacial score (nSPS) is 13.0. The van der Waals surface area contributed by atoms with Crippen molar-refractivity contribution in [2.24, 2.45) is 5.73 Å². The predicted octanol–water partition coefficient (Wildman–Crippen LogP) is 6.28. The zero-order valence-electron chi connectivity index (χ0n) is 20.1. The number of fused-ring (bicyclic) bond motifs is 1. The molecule has 2 heterocycles. The number of rotatable bonds is 4. The number of halogens is 4. The van der Waals surface area contributed by atoms with Gasteiger partial charge in [-0.2, -0.15) is 5.10 Å². The standard InChI is InChI=1S/C27H23ClF3N5O/c1-14-4-3-5-15(2)25(14)36-26(17-11-21(31)23(12-20(17)30)33-27(32)37)18-13-35(9-8-22(18)34-36)24-7-6-16(29)10-19(24)28/h3-7,10-12H,8-9,13H2,1-2H3,(H3,32,33,37). The van der Waals surface area contributed by atoms with Crippen molar-refractivity contribution < 1.29 is 18.0 Å². The van der Waals surface area contributed by atoms with Crippen molar-refractivity contribution in [2.75, 3.05) is 16.8 Å². The van der Waals surface area contributed by atoms with Crippen molar-refractivity contribution in [3.8, 4) is 16.9 Å². The molecule has 0 bridgehead atoms. The van der Waals surface area contributed by atoms with Gasteiger partial charge in [0.05, 0.1) is 33.5 Å². The molecule has 4 aromatic rings. The molecule has 3 N–H and O–H groups in total. The Kier molecular flexibility index (Phi) is 6.33. The summed E-state index contributed by atoms with van der Waals surface area (Å²) in [5, 5.41) is 7.20. The SMILES string of the molecule is Cc1cccc(C)c1-n1nc2c(c1-c1cc(F)c(NC(N)=O)cc1F)CN(c1ccc(F)cc1Cl)CC2. The number of hydrogen-bond acceptors (Lipinski definition) is 3. The third-order valence-corrected chi connectivity index (χ3v) is 6.81. The van der Waals surface area contributed by atoms with Crippen LogP contribution < -0.4 is 16.0 Å². The molecule has 1 aromatic heterocycles. The monoisotopic (exact) mass is 525 g/mol. The lowest BCUT2D eigenvalue weighted by atomic mass is 9.98. The van der Waals surface area contributed by atoms with Gasteiger partial charge in [0, 0.05) is 36.7 Å². The summed E-state index contributed by atoms with van der Waals surface area (Å²) in [6, 6.07) is 10.9. The molecule has 5 rings (SSSR count). The summed E-state index contributed by atoms with van der Waals surface area (Å²) in [4.78, 5) is 13.2. The molecular formula is C27H23ClF3N5O. The molecule has 1 aliphatic rings. The molecule has 3 aromatic carbocycles. The molecule has 190 valence electrons. The van der Waals surface area contributed by atoms with Gasteiger partial charge < -0.3 is 16.0 Å². The average molecular weight is 526 g/mol. The molecule has 0 saturated carbocycles. The third-order valence-electron chi connectivity index (χ3n) is 6.51. The highest BCUT2D eigenvalue weighted by atomic mass is 35.5. The minimum atomic E-state index is -1.00. The second kappa shape index (κ2) is 9.48. The first-order chi connectivity index (χ1) is 17.6. The van der Waals surface area contributed by atoms with Crippen LogP contribution in [0.5, 0.6) is 0 Å². The zero-order valence-corrected chi connectivity index (χ0v) is 20.8. The Morgan fingerprint density at radius 1 is 1.05 bits per heavy atom. The number of benzene rings is 3. The van der Waals surface area contributed by atoms with Crippen LogP contribution in [0.2, 0.25) is 5.02 Å². The van der Waals surface area contributed by atoms with Crippen LogP contribution in [0.1, 0.15) is 22.4 Å². The van der Waals surface area contributed by atoms with Crippen molar-refractivity contribution in [3.05, 3.63) is 93.4 Å². The van der Waals surface area contributed by atoms with Crippen molar-refractivity contribution in [1.29, 1.82) is 0 Å². The second-order valence-corrected chi connectivity index (χ2v) is 9.40. The zero-order chi connectivity index (χ0) is 26.4. The van der Waals surface area contributed by atoms with E-state index in [2.05, 4.69) is 5.32 Å². The van der Waals surface area contributed by atoms with E-state index in [4.69, 9.17) is 22.4 Å². The summed E-state index contributed by atoms with van der Waals surface area (Å²) in [5.74, 6) is -2.04. The Hall–Kier alpha value is -3.98. The first-order valence-corrected chi connectivity index (χ1v) is 11.9. The van der Waals surface area contributed by atoms with Crippen molar-refractivity contribution in [1.82, 2.24) is 9.78 Å². The molecule has 0 fully saturated rings. The summed E-state index contributed by atoms with van der Waals surface area (Å²) in [5.41, 5.74) is 9.76. The average Bonchev–Trinajstić information content (AvgIpc) is 3.19. The van der Waals surface area contributed by atoms with E-state index in [1.165, 1.54) is 12.1 Å². The fourth-order valence-electron chi connectivity index (χ4n) is 4.85. The van der Waals surface area contributed by atoms with E-state index in [1.807, 2.05) is 36.9 Å². The van der Waals surface area contributed by atoms with E-state index in [9.17, 15) is 9.18 Å². The smallest absolute Gasteiger partial charge is 0.316 e. The number of para-hydroxylation sites is 1. The molecule has 0 saturated heterocycles. The van der Waals surface area contributed by atoms with Gasteiger partial charge in [-0.3, -0.25) is 0 Å². The molecule has 37 heavy (non-hydrogen) atoms. The number of nitrogens with two attached hydrogens (primary N) is 1. The number of anilines is 2. The van der Waals surface area contributed by atoms with Gasteiger partial charge in [0.1, 0.15) is 17.5 Å². The Morgan fingerprint density at radius 3 is 2.46 bits per heavy atom. The topological polar surface area (TPSA) is 76.2 Å². The highest BCUT2D eigenvalue weighted by molar-refractivity contribution is 6.33. The van der Waals surface area contributed by atoms with Gasteiger partial charge in [-0.05, 0) is 49.2 Å². The van der Waals surface area contributed by atoms with E-state index in [1.54, 1.807) is 10.7 Å². The van der Waals surface area contributed by atoms with E-state index in [0.29, 0.717) is 36.5 Å². The van der Waals surface area contributed by atoms with Crippen molar-refractivity contribution >= 4 is 29.0 Å². The lowest BCUT2D eigenvalue weighted by Gasteiger charge is -2.30. The Bertz CT molecular complexity index is 1530. The Balaban J connectivity index is 1.72. The van der Waals surface area contributed by atoms with Crippen LogP contribution in [-0.2, 0) is 13.0 Å². The molecule has 6 nitrogen and oxygen atoms in total. The van der Waals surface area contributed by atoms with Crippen molar-refractivity contribution in [2.45, 2.75) is 26.8 Å². The van der Waals surface area contributed by atoms with Crippen LogP contribution in [-0.4, -0.2) is 22.4 Å². The van der Waals surface area contributed by atoms with Gasteiger partial charge >= 0.3 is 6.03 Å². The van der Waals surface area contributed by atoms with Crippen LogP contribution in [0, 0.1) is 31.3 Å². The predicted molar refractivity (Wildman–Crippen MR) is 138 cm³/mol. The summed E-state index contributed by atoms with van der Waals surface area (Å²) < 4.78 is 45.9. The number of aromatic nitrogens is 2. The van der Waals surface area contributed by atoms with Gasteiger partial charge in [-0.25, -0.2) is 22.6 Å². The maximum absolute atomic E-state index is 15.6. The fraction of sp³-hybridized carbons (Fsp3) is 0.185. The lowest BCUT2D eigenvalue weighted by Crippen LogP contribution is -2.30. The van der Waals surface area contributed by atoms with Gasteiger partial charge in [-0.1, -0.05) is 29.8 Å². The second-order valence-electron chi connectivity index (χ2n) is 8.99. The summed E-state index contributed by atoms with van der Waals surface area (Å²) >= 11 is 6.34. The molecule has 0 aliphatic carbocycles. The van der Waals surface area contributed by atoms with Crippen LogP contribution >= 0.6 is 11.6 Å². The molecular weight excluding hydrogens is 503 g/mol. The largest absolute Gasteiger partial charge is 0.365 e. The number of nitrogens with one attached hydrogen (secondary N) is 1. The molecule has 1 aliphatic heterocycles. The summed E-state index contributed by atoms with van der Waals surface area (Å²) in [7, 11) is 0. The number of urea groups is 1. The Labute approximate surface area is 216 Å². The molecule has 10 heteroatoms.